The van der Waals surface area contributed by atoms with Crippen LogP contribution in [0.15, 0.2) is 312 Å². The molecule has 2 heterocycles. The summed E-state index contributed by atoms with van der Waals surface area (Å²) in [5, 5.41) is 13.6. The van der Waals surface area contributed by atoms with Gasteiger partial charge in [0.15, 0.2) is 0 Å². The quantitative estimate of drug-likeness (QED) is 0.128. The first-order chi connectivity index (χ1) is 40.7. The SMILES string of the molecule is c1ccc(-c2oc3cc(N(c4cccc5ccccc45)c4cc5c6ccccc6c(N(c6ccc7c(-c8ccccc8)c(-c8ccccc8)oc7c6)c6cccc7ccccc67)cc5c5ccccc45)ccc3c2-c2ccccc2)cc1. The maximum Gasteiger partial charge on any atom is 0.143 e. The lowest BCUT2D eigenvalue weighted by atomic mass is 9.93. The number of hydrogen-bond donors (Lipinski definition) is 0. The smallest absolute Gasteiger partial charge is 0.143 e. The Labute approximate surface area is 474 Å². The van der Waals surface area contributed by atoms with Gasteiger partial charge < -0.3 is 18.6 Å². The molecule has 0 spiro atoms. The van der Waals surface area contributed by atoms with Crippen LogP contribution in [-0.4, -0.2) is 0 Å². The van der Waals surface area contributed by atoms with Gasteiger partial charge in [-0.2, -0.15) is 0 Å². The van der Waals surface area contributed by atoms with E-state index >= 15 is 0 Å². The number of anilines is 6. The van der Waals surface area contributed by atoms with Gasteiger partial charge in [-0.05, 0) is 92.0 Å². The Hall–Kier alpha value is -10.9. The molecular formula is C78H50N2O2. The molecule has 0 bridgehead atoms. The number of benzene rings is 14. The van der Waals surface area contributed by atoms with Crippen molar-refractivity contribution in [2.45, 2.75) is 0 Å². The first kappa shape index (κ1) is 47.1. The molecule has 82 heavy (non-hydrogen) atoms. The normalized spacial score (nSPS) is 11.7. The van der Waals surface area contributed by atoms with Gasteiger partial charge in [0.25, 0.3) is 0 Å². The van der Waals surface area contributed by atoms with E-state index in [4.69, 9.17) is 8.83 Å². The lowest BCUT2D eigenvalue weighted by molar-refractivity contribution is 0.632. The van der Waals surface area contributed by atoms with E-state index in [-0.39, 0.29) is 0 Å². The Balaban J connectivity index is 0.952. The van der Waals surface area contributed by atoms with E-state index in [2.05, 4.69) is 313 Å². The maximum absolute atomic E-state index is 7.07. The summed E-state index contributed by atoms with van der Waals surface area (Å²) < 4.78 is 14.1. The van der Waals surface area contributed by atoms with Crippen molar-refractivity contribution in [1.29, 1.82) is 0 Å². The Morgan fingerprint density at radius 1 is 0.207 bits per heavy atom. The molecule has 4 heteroatoms. The van der Waals surface area contributed by atoms with Gasteiger partial charge in [-0.25, -0.2) is 0 Å². The average Bonchev–Trinajstić information content (AvgIpc) is 2.99. The number of rotatable bonds is 10. The standard InChI is InChI=1S/C78H50N2O2/c1-5-25-53(26-6-1)75-65-45-43-57(47-73(65)81-77(75)55-29-9-3-10-30-55)79(69-41-21-33-51-23-13-15-35-59(51)69)71-49-67-62-38-18-20-40-64(62)72(50-68(67)61-37-17-19-39-63(61)71)80(70-42-22-34-52-24-14-16-36-60(52)70)58-44-46-66-74(48-58)82-78(56-31-11-4-12-32-56)76(66)54-27-7-2-8-28-54/h1-50H. The van der Waals surface area contributed by atoms with Crippen LogP contribution in [0.2, 0.25) is 0 Å². The molecule has 0 aliphatic carbocycles. The highest BCUT2D eigenvalue weighted by Crippen LogP contribution is 2.52. The summed E-state index contributed by atoms with van der Waals surface area (Å²) in [6, 6.07) is 109. The highest BCUT2D eigenvalue weighted by Gasteiger charge is 2.27. The lowest BCUT2D eigenvalue weighted by Crippen LogP contribution is -2.12. The molecule has 0 unspecified atom stereocenters. The van der Waals surface area contributed by atoms with Gasteiger partial charge in [0.05, 0.1) is 22.7 Å². The lowest BCUT2D eigenvalue weighted by Gasteiger charge is -2.30. The topological polar surface area (TPSA) is 32.8 Å². The van der Waals surface area contributed by atoms with Gasteiger partial charge >= 0.3 is 0 Å². The monoisotopic (exact) mass is 1050 g/mol. The van der Waals surface area contributed by atoms with E-state index in [1.807, 2.05) is 0 Å². The zero-order chi connectivity index (χ0) is 54.1. The van der Waals surface area contributed by atoms with Crippen molar-refractivity contribution >= 4 is 110 Å². The van der Waals surface area contributed by atoms with E-state index in [1.165, 1.54) is 0 Å². The van der Waals surface area contributed by atoms with Crippen molar-refractivity contribution in [3.8, 4) is 44.9 Å². The Bertz CT molecular complexity index is 4770. The molecule has 0 saturated heterocycles. The molecule has 0 aliphatic heterocycles. The van der Waals surface area contributed by atoms with Crippen LogP contribution in [0.3, 0.4) is 0 Å². The van der Waals surface area contributed by atoms with Gasteiger partial charge in [-0.3, -0.25) is 0 Å². The molecule has 0 saturated carbocycles. The van der Waals surface area contributed by atoms with Gasteiger partial charge in [-0.15, -0.1) is 0 Å². The van der Waals surface area contributed by atoms with Crippen LogP contribution in [0.1, 0.15) is 0 Å². The summed E-state index contributed by atoms with van der Waals surface area (Å²) in [6.45, 7) is 0. The van der Waals surface area contributed by atoms with Crippen LogP contribution in [-0.2, 0) is 0 Å². The summed E-state index contributed by atoms with van der Waals surface area (Å²) in [7, 11) is 0. The second-order valence-electron chi connectivity index (χ2n) is 21.1. The Kier molecular flexibility index (Phi) is 11.2. The first-order valence-electron chi connectivity index (χ1n) is 28.0. The zero-order valence-electron chi connectivity index (χ0n) is 44.6. The fourth-order valence-electron chi connectivity index (χ4n) is 12.7. The van der Waals surface area contributed by atoms with E-state index in [9.17, 15) is 0 Å². The molecule has 2 aromatic heterocycles. The average molecular weight is 1050 g/mol. The predicted molar refractivity (Wildman–Crippen MR) is 345 cm³/mol. The molecule has 4 nitrogen and oxygen atoms in total. The van der Waals surface area contributed by atoms with Crippen LogP contribution in [0, 0.1) is 0 Å². The van der Waals surface area contributed by atoms with Gasteiger partial charge in [0, 0.05) is 78.1 Å². The highest BCUT2D eigenvalue weighted by molar-refractivity contribution is 6.25. The van der Waals surface area contributed by atoms with E-state index in [1.54, 1.807) is 0 Å². The van der Waals surface area contributed by atoms with Crippen molar-refractivity contribution in [2.75, 3.05) is 9.80 Å². The van der Waals surface area contributed by atoms with Crippen molar-refractivity contribution < 1.29 is 8.83 Å². The minimum Gasteiger partial charge on any atom is -0.455 e. The largest absolute Gasteiger partial charge is 0.455 e. The summed E-state index contributed by atoms with van der Waals surface area (Å²) in [5.74, 6) is 1.70. The number of hydrogen-bond acceptors (Lipinski definition) is 4. The van der Waals surface area contributed by atoms with Crippen molar-refractivity contribution in [3.05, 3.63) is 303 Å². The van der Waals surface area contributed by atoms with Crippen LogP contribution in [0.25, 0.3) is 121 Å². The van der Waals surface area contributed by atoms with Crippen molar-refractivity contribution in [1.82, 2.24) is 0 Å². The second-order valence-corrected chi connectivity index (χ2v) is 21.1. The van der Waals surface area contributed by atoms with Crippen LogP contribution < -0.4 is 9.80 Å². The summed E-state index contributed by atoms with van der Waals surface area (Å²) in [5.41, 5.74) is 14.3. The molecule has 0 aliphatic rings. The highest BCUT2D eigenvalue weighted by atomic mass is 16.3. The molecule has 0 radical (unpaired) electrons. The molecule has 16 aromatic rings. The zero-order valence-corrected chi connectivity index (χ0v) is 44.6. The second kappa shape index (κ2) is 19.5. The van der Waals surface area contributed by atoms with Gasteiger partial charge in [-0.1, -0.05) is 243 Å². The van der Waals surface area contributed by atoms with E-state index < -0.39 is 0 Å². The van der Waals surface area contributed by atoms with Crippen LogP contribution in [0.4, 0.5) is 34.1 Å². The summed E-state index contributed by atoms with van der Waals surface area (Å²) in [6.07, 6.45) is 0. The summed E-state index contributed by atoms with van der Waals surface area (Å²) >= 11 is 0. The van der Waals surface area contributed by atoms with Crippen LogP contribution in [0.5, 0.6) is 0 Å². The molecule has 0 fully saturated rings. The number of fused-ring (bicyclic) bond motifs is 9. The first-order valence-corrected chi connectivity index (χ1v) is 28.0. The molecule has 0 atom stereocenters. The number of nitrogens with zero attached hydrogens (tertiary/aromatic N) is 2. The molecule has 0 amide bonds. The molecule has 0 N–H and O–H groups in total. The van der Waals surface area contributed by atoms with E-state index in [0.717, 1.165) is 155 Å². The fraction of sp³-hybridized carbons (Fsp3) is 0. The van der Waals surface area contributed by atoms with Crippen molar-refractivity contribution in [2.24, 2.45) is 0 Å². The Morgan fingerprint density at radius 3 is 0.939 bits per heavy atom. The van der Waals surface area contributed by atoms with Crippen molar-refractivity contribution in [3.63, 3.8) is 0 Å². The van der Waals surface area contributed by atoms with Gasteiger partial charge in [0.1, 0.15) is 22.7 Å². The minimum atomic E-state index is 0.814. The van der Waals surface area contributed by atoms with Gasteiger partial charge in [0.2, 0.25) is 0 Å². The number of furan rings is 2. The predicted octanol–water partition coefficient (Wildman–Crippen LogP) is 22.6. The molecule has 14 aromatic carbocycles. The molecular weight excluding hydrogens is 997 g/mol. The van der Waals surface area contributed by atoms with E-state index in [0.29, 0.717) is 0 Å². The minimum absolute atomic E-state index is 0.814. The van der Waals surface area contributed by atoms with Crippen LogP contribution >= 0.6 is 0 Å². The summed E-state index contributed by atoms with van der Waals surface area (Å²) in [4.78, 5) is 4.90. The maximum atomic E-state index is 7.07. The molecule has 384 valence electrons. The fourth-order valence-corrected chi connectivity index (χ4v) is 12.7. The third-order valence-corrected chi connectivity index (χ3v) is 16.4. The molecule has 16 rings (SSSR count). The third-order valence-electron chi connectivity index (χ3n) is 16.4. The Morgan fingerprint density at radius 2 is 0.537 bits per heavy atom. The third kappa shape index (κ3) is 7.76.